The molecule has 2 aliphatic rings. The Labute approximate surface area is 216 Å². The minimum absolute atomic E-state index is 0.224. The van der Waals surface area contributed by atoms with Crippen molar-refractivity contribution in [1.29, 1.82) is 0 Å². The summed E-state index contributed by atoms with van der Waals surface area (Å²) in [7, 11) is 16.9. The fourth-order valence-corrected chi connectivity index (χ4v) is 38.5. The standard InChI is InChI=1S/2C14H17.C2H7Si.2ClH.Zr/c2*1-4-5-12-8-13-10(2)6-7-11(3)14(13)9-12;1-3-2;;;/h2*6-9H,4-5H2,1-3H3;3H,1-2H3;2*1H;/q;;;;;+2/p-2. The fourth-order valence-electron chi connectivity index (χ4n) is 6.87. The van der Waals surface area contributed by atoms with Crippen molar-refractivity contribution >= 4 is 35.1 Å². The molecule has 0 fully saturated rings. The van der Waals surface area contributed by atoms with Crippen LogP contribution in [0.3, 0.4) is 0 Å². The molecule has 0 radical (unpaired) electrons. The molecule has 0 nitrogen and oxygen atoms in total. The molecule has 2 aromatic carbocycles. The maximum atomic E-state index is 8.46. The molecule has 0 N–H and O–H groups in total. The Morgan fingerprint density at radius 1 is 0.676 bits per heavy atom. The molecule has 4 rings (SSSR count). The second kappa shape index (κ2) is 9.48. The number of rotatable bonds is 7. The molecule has 2 unspecified atom stereocenters. The topological polar surface area (TPSA) is 0 Å². The quantitative estimate of drug-likeness (QED) is 0.281. The van der Waals surface area contributed by atoms with Gasteiger partial charge in [0.15, 0.2) is 0 Å². The van der Waals surface area contributed by atoms with Gasteiger partial charge in [-0.15, -0.1) is 0 Å². The first-order chi connectivity index (χ1) is 16.0. The molecule has 0 aliphatic heterocycles. The molecule has 183 valence electrons. The number of hydrogen-bond acceptors (Lipinski definition) is 0. The van der Waals surface area contributed by atoms with Crippen LogP contribution in [0.1, 0.15) is 91.3 Å². The van der Waals surface area contributed by atoms with Crippen LogP contribution in [-0.2, 0) is 15.6 Å². The molecular formula is C30H41Cl2SiZr. The zero-order valence-electron chi connectivity index (χ0n) is 22.3. The van der Waals surface area contributed by atoms with E-state index in [-0.39, 0.29) is 7.25 Å². The molecule has 0 saturated heterocycles. The van der Waals surface area contributed by atoms with Gasteiger partial charge in [-0.2, -0.15) is 0 Å². The van der Waals surface area contributed by atoms with Gasteiger partial charge >= 0.3 is 218 Å². The summed E-state index contributed by atoms with van der Waals surface area (Å²) >= 11 is -4.58. The molecule has 0 aromatic heterocycles. The Morgan fingerprint density at radius 2 is 1.03 bits per heavy atom. The third-order valence-corrected chi connectivity index (χ3v) is 60.4. The minimum atomic E-state index is -4.58. The van der Waals surface area contributed by atoms with E-state index in [1.165, 1.54) is 55.7 Å². The van der Waals surface area contributed by atoms with Crippen molar-refractivity contribution in [3.05, 3.63) is 79.9 Å². The number of hydrogen-bond donors (Lipinski definition) is 0. The normalized spacial score (nSPS) is 20.6. The van der Waals surface area contributed by atoms with E-state index in [0.29, 0.717) is 0 Å². The summed E-state index contributed by atoms with van der Waals surface area (Å²) in [5, 5.41) is 0. The van der Waals surface area contributed by atoms with Gasteiger partial charge in [0, 0.05) is 0 Å². The van der Waals surface area contributed by atoms with Crippen LogP contribution >= 0.6 is 17.0 Å². The Balaban J connectivity index is 2.08. The zero-order chi connectivity index (χ0) is 25.0. The van der Waals surface area contributed by atoms with Crippen LogP contribution in [0.15, 0.2) is 35.4 Å². The van der Waals surface area contributed by atoms with E-state index < -0.39 is 21.5 Å². The average molecular weight is 592 g/mol. The van der Waals surface area contributed by atoms with E-state index >= 15 is 0 Å². The summed E-state index contributed by atoms with van der Waals surface area (Å²) in [4.78, 5) is 0. The first-order valence-electron chi connectivity index (χ1n) is 13.2. The molecule has 0 amide bonds. The van der Waals surface area contributed by atoms with Crippen molar-refractivity contribution in [3.8, 4) is 0 Å². The van der Waals surface area contributed by atoms with Crippen molar-refractivity contribution < 1.29 is 15.6 Å². The van der Waals surface area contributed by atoms with Crippen molar-refractivity contribution in [2.45, 2.75) is 87.6 Å². The van der Waals surface area contributed by atoms with Crippen LogP contribution in [0.25, 0.3) is 12.2 Å². The van der Waals surface area contributed by atoms with Crippen molar-refractivity contribution in [2.24, 2.45) is 0 Å². The van der Waals surface area contributed by atoms with Gasteiger partial charge in [0.05, 0.1) is 0 Å². The predicted octanol–water partition coefficient (Wildman–Crippen LogP) is 10.1. The number of halogens is 2. The van der Waals surface area contributed by atoms with Crippen LogP contribution < -0.4 is 0 Å². The van der Waals surface area contributed by atoms with E-state index in [1.54, 1.807) is 0 Å². The van der Waals surface area contributed by atoms with Crippen molar-refractivity contribution in [1.82, 2.24) is 0 Å². The Bertz CT molecular complexity index is 1120. The van der Waals surface area contributed by atoms with E-state index in [4.69, 9.17) is 17.0 Å². The molecule has 0 heterocycles. The first-order valence-corrected chi connectivity index (χ1v) is 29.5. The van der Waals surface area contributed by atoms with Crippen LogP contribution in [0.4, 0.5) is 0 Å². The van der Waals surface area contributed by atoms with Gasteiger partial charge in [0.25, 0.3) is 0 Å². The molecule has 0 spiro atoms. The van der Waals surface area contributed by atoms with Gasteiger partial charge in [0.2, 0.25) is 0 Å². The van der Waals surface area contributed by atoms with Crippen molar-refractivity contribution in [2.75, 3.05) is 0 Å². The third kappa shape index (κ3) is 3.86. The van der Waals surface area contributed by atoms with Crippen LogP contribution in [0.2, 0.25) is 13.1 Å². The Morgan fingerprint density at radius 3 is 1.35 bits per heavy atom. The summed E-state index contributed by atoms with van der Waals surface area (Å²) in [6.45, 7) is 18.6. The van der Waals surface area contributed by atoms with Crippen molar-refractivity contribution in [3.63, 3.8) is 0 Å². The second-order valence-corrected chi connectivity index (χ2v) is 53.7. The molecule has 0 saturated carbocycles. The van der Waals surface area contributed by atoms with Gasteiger partial charge < -0.3 is 0 Å². The molecule has 2 atom stereocenters. The van der Waals surface area contributed by atoms with E-state index in [2.05, 4.69) is 91.1 Å². The number of allylic oxidation sites excluding steroid dienone is 2. The maximum absolute atomic E-state index is 8.46. The predicted molar refractivity (Wildman–Crippen MR) is 154 cm³/mol. The van der Waals surface area contributed by atoms with Crippen LogP contribution in [-0.4, -0.2) is 5.92 Å². The second-order valence-electron chi connectivity index (χ2n) is 11.2. The summed E-state index contributed by atoms with van der Waals surface area (Å²) < 4.78 is 0.449. The summed E-state index contributed by atoms with van der Waals surface area (Å²) in [5.74, 6) is -1.48. The van der Waals surface area contributed by atoms with Gasteiger partial charge in [-0.05, 0) is 0 Å². The summed E-state index contributed by atoms with van der Waals surface area (Å²) in [6, 6.07) is 9.15. The molecule has 34 heavy (non-hydrogen) atoms. The summed E-state index contributed by atoms with van der Waals surface area (Å²) in [6.07, 6.45) is 9.41. The molecule has 4 heteroatoms. The zero-order valence-corrected chi connectivity index (χ0v) is 27.4. The van der Waals surface area contributed by atoms with Gasteiger partial charge in [-0.1, -0.05) is 0 Å². The monoisotopic (exact) mass is 589 g/mol. The third-order valence-electron chi connectivity index (χ3n) is 8.71. The average Bonchev–Trinajstić information content (AvgIpc) is 3.36. The van der Waals surface area contributed by atoms with Crippen LogP contribution in [0.5, 0.6) is 0 Å². The van der Waals surface area contributed by atoms with E-state index in [0.717, 1.165) is 25.7 Å². The number of benzene rings is 2. The van der Waals surface area contributed by atoms with E-state index in [9.17, 15) is 0 Å². The summed E-state index contributed by atoms with van der Waals surface area (Å²) in [5.41, 5.74) is 14.2. The van der Waals surface area contributed by atoms with E-state index in [1.807, 2.05) is 0 Å². The number of aryl methyl sites for hydroxylation is 4. The SMILES string of the molecule is CCCC1=Cc2c(C)ccc(C)c2[CH]1[Zr]([Cl])([Cl])([CH]1C(CCC)=Cc2c(C)ccc(C)c21)[SiH](C)C. The Hall–Kier alpha value is -0.400. The number of fused-ring (bicyclic) bond motifs is 2. The van der Waals surface area contributed by atoms with Gasteiger partial charge in [-0.3, -0.25) is 0 Å². The molecule has 2 aromatic rings. The molecule has 2 aliphatic carbocycles. The first kappa shape index (κ1) is 26.7. The van der Waals surface area contributed by atoms with Crippen LogP contribution in [0, 0.1) is 27.7 Å². The van der Waals surface area contributed by atoms with Gasteiger partial charge in [-0.25, -0.2) is 0 Å². The van der Waals surface area contributed by atoms with Gasteiger partial charge in [0.1, 0.15) is 0 Å². The Kier molecular flexibility index (Phi) is 7.43. The fraction of sp³-hybridized carbons (Fsp3) is 0.467. The molecule has 0 bridgehead atoms. The molecular weight excluding hydrogens is 551 g/mol.